The first kappa shape index (κ1) is 28.1. The van der Waals surface area contributed by atoms with Gasteiger partial charge in [0.1, 0.15) is 11.9 Å². The van der Waals surface area contributed by atoms with E-state index in [9.17, 15) is 14.7 Å². The van der Waals surface area contributed by atoms with Crippen LogP contribution in [0.5, 0.6) is 5.75 Å². The van der Waals surface area contributed by atoms with Crippen LogP contribution in [0.1, 0.15) is 30.4 Å². The number of aryl methyl sites for hydroxylation is 1. The topological polar surface area (TPSA) is 96.9 Å². The van der Waals surface area contributed by atoms with E-state index in [-0.39, 0.29) is 25.0 Å². The Balaban J connectivity index is 1.43. The Hall–Kier alpha value is -3.88. The standard InChI is InChI=1S/C31H37N3O5/c1-34(2)17-15-26(16-18-34)39-31(37)33-28-19-22(9-13-27(28)23-7-5-4-6-8-23)10-14-30(36)32-25-12-11-24(21-35)29(20-25)38-3/h4-9,11-13,19-20,26,35H,10,14-18,21H2,1-3H3,(H-,32,33,36,37)/p+1. The molecule has 1 aliphatic heterocycles. The monoisotopic (exact) mass is 532 g/mol. The van der Waals surface area contributed by atoms with Crippen molar-refractivity contribution in [2.45, 2.75) is 38.4 Å². The lowest BCUT2D eigenvalue weighted by molar-refractivity contribution is -0.896. The van der Waals surface area contributed by atoms with Crippen LogP contribution in [0.2, 0.25) is 0 Å². The molecule has 0 atom stereocenters. The van der Waals surface area contributed by atoms with Crippen LogP contribution in [0, 0.1) is 0 Å². The van der Waals surface area contributed by atoms with Crippen LogP contribution < -0.4 is 15.4 Å². The molecule has 0 radical (unpaired) electrons. The van der Waals surface area contributed by atoms with Crippen LogP contribution in [-0.2, 0) is 22.6 Å². The zero-order valence-electron chi connectivity index (χ0n) is 22.9. The zero-order valence-corrected chi connectivity index (χ0v) is 22.9. The predicted octanol–water partition coefficient (Wildman–Crippen LogP) is 5.21. The first-order valence-electron chi connectivity index (χ1n) is 13.3. The molecule has 3 aromatic rings. The largest absolute Gasteiger partial charge is 0.496 e. The van der Waals surface area contributed by atoms with Gasteiger partial charge in [-0.3, -0.25) is 10.1 Å². The fourth-order valence-electron chi connectivity index (χ4n) is 4.81. The summed E-state index contributed by atoms with van der Waals surface area (Å²) in [5, 5.41) is 15.2. The molecule has 0 bridgehead atoms. The van der Waals surface area contributed by atoms with Gasteiger partial charge in [-0.05, 0) is 29.7 Å². The van der Waals surface area contributed by atoms with Crippen LogP contribution in [0.15, 0.2) is 66.7 Å². The number of nitrogens with zero attached hydrogens (tertiary/aromatic N) is 1. The van der Waals surface area contributed by atoms with E-state index in [4.69, 9.17) is 9.47 Å². The highest BCUT2D eigenvalue weighted by molar-refractivity contribution is 5.93. The van der Waals surface area contributed by atoms with Gasteiger partial charge in [-0.1, -0.05) is 48.5 Å². The number of aliphatic hydroxyl groups is 1. The molecular formula is C31H38N3O5+. The normalized spacial score (nSPS) is 14.9. The molecule has 4 rings (SSSR count). The molecule has 39 heavy (non-hydrogen) atoms. The molecule has 206 valence electrons. The van der Waals surface area contributed by atoms with Gasteiger partial charge in [0.25, 0.3) is 0 Å². The molecule has 1 saturated heterocycles. The van der Waals surface area contributed by atoms with E-state index in [1.54, 1.807) is 18.2 Å². The number of methoxy groups -OCH3 is 1. The molecule has 0 aromatic heterocycles. The fraction of sp³-hybridized carbons (Fsp3) is 0.355. The number of ether oxygens (including phenoxy) is 2. The van der Waals surface area contributed by atoms with Crippen molar-refractivity contribution >= 4 is 23.4 Å². The van der Waals surface area contributed by atoms with Crippen LogP contribution in [0.3, 0.4) is 0 Å². The average Bonchev–Trinajstić information content (AvgIpc) is 2.93. The van der Waals surface area contributed by atoms with Gasteiger partial charge in [0.05, 0.1) is 46.6 Å². The van der Waals surface area contributed by atoms with E-state index in [0.29, 0.717) is 29.1 Å². The number of piperidine rings is 1. The first-order chi connectivity index (χ1) is 18.8. The van der Waals surface area contributed by atoms with Gasteiger partial charge >= 0.3 is 6.09 Å². The Morgan fingerprint density at radius 3 is 2.41 bits per heavy atom. The summed E-state index contributed by atoms with van der Waals surface area (Å²) in [6, 6.07) is 20.9. The number of carbonyl (C=O) groups is 2. The maximum absolute atomic E-state index is 12.9. The number of hydrogen-bond donors (Lipinski definition) is 3. The number of nitrogens with one attached hydrogen (secondary N) is 2. The fourth-order valence-corrected chi connectivity index (χ4v) is 4.81. The van der Waals surface area contributed by atoms with Crippen molar-refractivity contribution in [3.63, 3.8) is 0 Å². The molecule has 0 aliphatic carbocycles. The zero-order chi connectivity index (χ0) is 27.8. The average molecular weight is 533 g/mol. The third-order valence-corrected chi connectivity index (χ3v) is 7.17. The number of hydrogen-bond acceptors (Lipinski definition) is 5. The van der Waals surface area contributed by atoms with Gasteiger partial charge < -0.3 is 24.4 Å². The highest BCUT2D eigenvalue weighted by Crippen LogP contribution is 2.30. The quantitative estimate of drug-likeness (QED) is 0.329. The number of likely N-dealkylation sites (tertiary alicyclic amines) is 1. The van der Waals surface area contributed by atoms with Crippen molar-refractivity contribution in [3.8, 4) is 16.9 Å². The second-order valence-corrected chi connectivity index (χ2v) is 10.6. The summed E-state index contributed by atoms with van der Waals surface area (Å²) in [5.74, 6) is 0.374. The summed E-state index contributed by atoms with van der Waals surface area (Å²) >= 11 is 0. The van der Waals surface area contributed by atoms with Crippen molar-refractivity contribution in [1.29, 1.82) is 0 Å². The van der Waals surface area contributed by atoms with Crippen LogP contribution in [0.25, 0.3) is 11.1 Å². The molecular weight excluding hydrogens is 494 g/mol. The number of anilines is 2. The second-order valence-electron chi connectivity index (χ2n) is 10.6. The summed E-state index contributed by atoms with van der Waals surface area (Å²) in [7, 11) is 5.91. The van der Waals surface area contributed by atoms with Gasteiger partial charge in [0.15, 0.2) is 0 Å². The lowest BCUT2D eigenvalue weighted by Gasteiger charge is -2.36. The maximum Gasteiger partial charge on any atom is 0.411 e. The molecule has 2 amide bonds. The SMILES string of the molecule is COc1cc(NC(=O)CCc2ccc(-c3ccccc3)c(NC(=O)OC3CC[N+](C)(C)CC3)c2)ccc1CO. The number of rotatable bonds is 9. The van der Waals surface area contributed by atoms with Crippen molar-refractivity contribution in [2.75, 3.05) is 44.9 Å². The van der Waals surface area contributed by atoms with Crippen LogP contribution in [0.4, 0.5) is 16.2 Å². The molecule has 1 heterocycles. The molecule has 1 aliphatic rings. The third-order valence-electron chi connectivity index (χ3n) is 7.17. The minimum atomic E-state index is -0.459. The number of benzene rings is 3. The summed E-state index contributed by atoms with van der Waals surface area (Å²) in [6.07, 6.45) is 1.89. The summed E-state index contributed by atoms with van der Waals surface area (Å²) in [4.78, 5) is 25.5. The molecule has 8 heteroatoms. The van der Waals surface area contributed by atoms with Gasteiger partial charge in [-0.2, -0.15) is 0 Å². The van der Waals surface area contributed by atoms with Crippen molar-refractivity contribution in [1.82, 2.24) is 0 Å². The number of amides is 2. The van der Waals surface area contributed by atoms with Gasteiger partial charge in [0, 0.05) is 42.1 Å². The Bertz CT molecular complexity index is 1280. The summed E-state index contributed by atoms with van der Waals surface area (Å²) < 4.78 is 12.0. The highest BCUT2D eigenvalue weighted by atomic mass is 16.6. The molecule has 0 saturated carbocycles. The maximum atomic E-state index is 12.9. The van der Waals surface area contributed by atoms with Crippen molar-refractivity contribution < 1.29 is 28.7 Å². The van der Waals surface area contributed by atoms with Gasteiger partial charge in [0.2, 0.25) is 5.91 Å². The summed E-state index contributed by atoms with van der Waals surface area (Å²) in [6.45, 7) is 1.81. The van der Waals surface area contributed by atoms with E-state index in [1.165, 1.54) is 7.11 Å². The minimum absolute atomic E-state index is 0.0896. The van der Waals surface area contributed by atoms with Gasteiger partial charge in [-0.15, -0.1) is 0 Å². The Kier molecular flexibility index (Phi) is 9.22. The van der Waals surface area contributed by atoms with Gasteiger partial charge in [-0.25, -0.2) is 4.79 Å². The lowest BCUT2D eigenvalue weighted by Crippen LogP contribution is -2.48. The number of aliphatic hydroxyl groups excluding tert-OH is 1. The van der Waals surface area contributed by atoms with Crippen LogP contribution >= 0.6 is 0 Å². The third kappa shape index (κ3) is 7.81. The molecule has 3 N–H and O–H groups in total. The minimum Gasteiger partial charge on any atom is -0.496 e. The molecule has 1 fully saturated rings. The molecule has 8 nitrogen and oxygen atoms in total. The first-order valence-corrected chi connectivity index (χ1v) is 13.3. The summed E-state index contributed by atoms with van der Waals surface area (Å²) in [5.41, 5.74) is 4.69. The van der Waals surface area contributed by atoms with E-state index in [0.717, 1.165) is 47.1 Å². The van der Waals surface area contributed by atoms with E-state index in [2.05, 4.69) is 24.7 Å². The highest BCUT2D eigenvalue weighted by Gasteiger charge is 2.28. The Labute approximate surface area is 230 Å². The second kappa shape index (κ2) is 12.8. The molecule has 3 aromatic carbocycles. The number of carbonyl (C=O) groups excluding carboxylic acids is 2. The van der Waals surface area contributed by atoms with E-state index in [1.807, 2.05) is 48.5 Å². The predicted molar refractivity (Wildman–Crippen MR) is 153 cm³/mol. The lowest BCUT2D eigenvalue weighted by atomic mass is 9.99. The van der Waals surface area contributed by atoms with Crippen molar-refractivity contribution in [2.24, 2.45) is 0 Å². The molecule has 0 spiro atoms. The Morgan fingerprint density at radius 2 is 1.72 bits per heavy atom. The smallest absolute Gasteiger partial charge is 0.411 e. The van der Waals surface area contributed by atoms with E-state index >= 15 is 0 Å². The van der Waals surface area contributed by atoms with Crippen LogP contribution in [-0.4, -0.2) is 62.0 Å². The van der Waals surface area contributed by atoms with Crippen molar-refractivity contribution in [3.05, 3.63) is 77.9 Å². The van der Waals surface area contributed by atoms with E-state index < -0.39 is 6.09 Å². The Morgan fingerprint density at radius 1 is 0.974 bits per heavy atom. The molecule has 0 unspecified atom stereocenters. The number of quaternary nitrogens is 1.